The number of ether oxygens (including phenoxy) is 1. The van der Waals surface area contributed by atoms with Gasteiger partial charge in [0, 0.05) is 76.9 Å². The molecule has 17 heteroatoms. The van der Waals surface area contributed by atoms with E-state index >= 15 is 0 Å². The number of fused-ring (bicyclic) bond motifs is 11. The molecule has 494 valence electrons. The van der Waals surface area contributed by atoms with Crippen LogP contribution in [0, 0.1) is 33.9 Å². The van der Waals surface area contributed by atoms with Crippen molar-refractivity contribution >= 4 is 67.4 Å². The maximum atomic E-state index is 7.11. The maximum absolute atomic E-state index is 7.11. The van der Waals surface area contributed by atoms with Gasteiger partial charge in [0.2, 0.25) is 0 Å². The first kappa shape index (κ1) is 63.6. The molecule has 9 aromatic heterocycles. The van der Waals surface area contributed by atoms with E-state index in [1.165, 1.54) is 60.7 Å². The number of methoxy groups -OCH3 is 1. The van der Waals surface area contributed by atoms with E-state index in [4.69, 9.17) is 27.8 Å². The van der Waals surface area contributed by atoms with Gasteiger partial charge in [0.25, 0.3) is 11.6 Å². The molecule has 18 aromatic rings. The lowest BCUT2D eigenvalue weighted by Crippen LogP contribution is -1.94. The van der Waals surface area contributed by atoms with E-state index in [0.717, 1.165) is 109 Å². The van der Waals surface area contributed by atoms with Crippen LogP contribution in [0.2, 0.25) is 0 Å². The molecule has 0 radical (unpaired) electrons. The predicted molar refractivity (Wildman–Crippen MR) is 410 cm³/mol. The van der Waals surface area contributed by atoms with Gasteiger partial charge in [-0.25, -0.2) is 28.5 Å². The lowest BCUT2D eigenvalue weighted by atomic mass is 9.95. The van der Waals surface area contributed by atoms with Crippen molar-refractivity contribution in [2.45, 2.75) is 33.6 Å². The van der Waals surface area contributed by atoms with Crippen LogP contribution in [-0.2, 0) is 12.8 Å². The topological polar surface area (TPSA) is 159 Å². The Morgan fingerprint density at radius 2 is 1.21 bits per heavy atom. The summed E-state index contributed by atoms with van der Waals surface area (Å²) in [5.74, 6) is 4.05. The van der Waals surface area contributed by atoms with E-state index in [0.29, 0.717) is 5.78 Å². The Labute approximate surface area is 592 Å². The number of aromatic amines is 1. The van der Waals surface area contributed by atoms with Gasteiger partial charge in [-0.3, -0.25) is 14.5 Å². The second-order valence-electron chi connectivity index (χ2n) is 24.9. The molecular formula is C86H64N16O. The number of aromatic nitrogens is 13. The van der Waals surface area contributed by atoms with Crippen LogP contribution in [0.5, 0.6) is 5.75 Å². The fourth-order valence-electron chi connectivity index (χ4n) is 13.4. The third kappa shape index (κ3) is 12.4. The number of para-hydroxylation sites is 3. The Morgan fingerprint density at radius 3 is 1.96 bits per heavy atom. The van der Waals surface area contributed by atoms with Crippen LogP contribution in [0.4, 0.5) is 11.6 Å². The van der Waals surface area contributed by atoms with Gasteiger partial charge in [-0.05, 0) is 144 Å². The molecule has 0 spiro atoms. The molecule has 17 nitrogen and oxygen atoms in total. The van der Waals surface area contributed by atoms with Gasteiger partial charge < -0.3 is 18.8 Å². The maximum Gasteiger partial charge on any atom is 0.360 e. The Hall–Kier alpha value is -14.2. The summed E-state index contributed by atoms with van der Waals surface area (Å²) in [6, 6.07) is 87.0. The molecule has 2 aliphatic rings. The lowest BCUT2D eigenvalue weighted by Gasteiger charge is -2.09. The van der Waals surface area contributed by atoms with Gasteiger partial charge in [0.1, 0.15) is 40.6 Å². The predicted octanol–water partition coefficient (Wildman–Crippen LogP) is 19.7. The number of rotatable bonds is 7. The van der Waals surface area contributed by atoms with Gasteiger partial charge in [0.15, 0.2) is 0 Å². The molecule has 0 saturated carbocycles. The van der Waals surface area contributed by atoms with Crippen LogP contribution in [0.1, 0.15) is 34.2 Å². The number of hydrogen-bond donors (Lipinski definition) is 1. The molecule has 2 aliphatic heterocycles. The number of nitrogens with one attached hydrogen (secondary N) is 1. The molecule has 0 unspecified atom stereocenters. The summed E-state index contributed by atoms with van der Waals surface area (Å²) in [7, 11) is 1.68. The quantitative estimate of drug-likeness (QED) is 0.122. The van der Waals surface area contributed by atoms with Gasteiger partial charge in [-0.15, -0.1) is 5.10 Å². The van der Waals surface area contributed by atoms with E-state index in [9.17, 15) is 0 Å². The molecule has 0 atom stereocenters. The first-order valence-electron chi connectivity index (χ1n) is 33.7. The molecule has 20 rings (SSSR count). The molecule has 0 amide bonds. The first-order valence-corrected chi connectivity index (χ1v) is 33.7. The minimum atomic E-state index is 0.229. The van der Waals surface area contributed by atoms with Gasteiger partial charge in [-0.1, -0.05) is 194 Å². The van der Waals surface area contributed by atoms with Crippen molar-refractivity contribution in [1.29, 1.82) is 0 Å². The number of hydrogen-bond acceptors (Lipinski definition) is 9. The molecule has 0 aliphatic carbocycles. The summed E-state index contributed by atoms with van der Waals surface area (Å²) in [4.78, 5) is 32.8. The van der Waals surface area contributed by atoms with Crippen LogP contribution in [0.3, 0.4) is 0 Å². The largest absolute Gasteiger partial charge is 0.497 e. The highest BCUT2D eigenvalue weighted by atomic mass is 16.5. The minimum Gasteiger partial charge on any atom is -0.497 e. The summed E-state index contributed by atoms with van der Waals surface area (Å²) >= 11 is 0. The minimum absolute atomic E-state index is 0.229. The van der Waals surface area contributed by atoms with Crippen molar-refractivity contribution in [2.75, 3.05) is 7.11 Å². The molecule has 103 heavy (non-hydrogen) atoms. The zero-order valence-electron chi connectivity index (χ0n) is 56.7. The number of pyridine rings is 3. The summed E-state index contributed by atoms with van der Waals surface area (Å²) in [5, 5.41) is 17.7. The number of aryl methyl sites for hydroxylation is 2. The van der Waals surface area contributed by atoms with E-state index < -0.39 is 0 Å². The third-order valence-corrected chi connectivity index (χ3v) is 18.5. The van der Waals surface area contributed by atoms with E-state index in [-0.39, 0.29) is 11.6 Å². The standard InChI is InChI=1S/C26H17N3.C20H17N3.C18H16N2O.C13H7N5.C9H7N3/c1-3-10-20-18(8-1)16-19-9-2-4-11-21(19)25(20)24-17-29-15-7-12-22(26(29)28-24)23-13-5-6-14-27-23;1-14-6-8-16(9-7-14)17-10-12-18(13-11-17)20-19-5-3-4-15(2)23(19)22-21-20;1-12-18(13-7-9-15(21-2)10-8-13)19-17-11-14-5-3-4-6-16(14)20(12)17;1-14-11-12(15-2)18-8-10(16-13(18)17-11)9-6-4-3-5-7-9;1-2-4-8-7(3-1)11-9-5-6-10-12(8)9/h1-17H;3-13H,1-2H3;3-10H,11H2,1-2H3;3-8H,(H,16,17);1-4,6H,5H2. The Kier molecular flexibility index (Phi) is 17.1. The average Bonchev–Trinajstić information content (AvgIpc) is 1.62. The van der Waals surface area contributed by atoms with Crippen molar-refractivity contribution in [1.82, 2.24) is 62.8 Å². The summed E-state index contributed by atoms with van der Waals surface area (Å²) in [6.45, 7) is 20.4. The van der Waals surface area contributed by atoms with E-state index in [2.05, 4.69) is 226 Å². The Morgan fingerprint density at radius 1 is 0.534 bits per heavy atom. The Balaban J connectivity index is 0.000000102. The summed E-state index contributed by atoms with van der Waals surface area (Å²) in [6.07, 6.45) is 11.4. The van der Waals surface area contributed by atoms with Crippen molar-refractivity contribution in [2.24, 2.45) is 5.10 Å². The van der Waals surface area contributed by atoms with Crippen LogP contribution in [0.15, 0.2) is 285 Å². The smallest absolute Gasteiger partial charge is 0.360 e. The molecular weight excluding hydrogens is 1270 g/mol. The SMILES string of the molecule is C1=Nn2c(nc3ccccc32)C1.COc1ccc(-c2nc3n(c2C)-c2ccccc2C3)cc1.Cc1ccc(-c2ccc(-c3nnn4c(C)cccc34)cc2)cc1.[C-]#[N+]c1[nH]c2nc(-c3ccccc3)cn2c1[N+]#[C-].c1ccc(-c2cccn3cc(-c4c5ccccc5cc5ccccc45)nc23)nc1. The van der Waals surface area contributed by atoms with Crippen LogP contribution in [-0.4, -0.2) is 76.1 Å². The van der Waals surface area contributed by atoms with Gasteiger partial charge in [0.05, 0.1) is 46.4 Å². The van der Waals surface area contributed by atoms with Crippen LogP contribution in [0.25, 0.3) is 132 Å². The molecule has 1 N–H and O–H groups in total. The van der Waals surface area contributed by atoms with E-state index in [1.807, 2.05) is 138 Å². The molecule has 0 fully saturated rings. The van der Waals surface area contributed by atoms with Crippen molar-refractivity contribution in [3.63, 3.8) is 0 Å². The fraction of sp³-hybridized carbons (Fsp3) is 0.0698. The number of nitrogens with zero attached hydrogens (tertiary/aromatic N) is 15. The zero-order chi connectivity index (χ0) is 69.9. The number of imidazole rings is 5. The second-order valence-corrected chi connectivity index (χ2v) is 24.9. The second kappa shape index (κ2) is 27.6. The zero-order valence-corrected chi connectivity index (χ0v) is 56.7. The monoisotopic (exact) mass is 1340 g/mol. The van der Waals surface area contributed by atoms with Crippen molar-refractivity contribution in [3.8, 4) is 78.9 Å². The number of H-pyrrole nitrogens is 1. The molecule has 11 heterocycles. The molecule has 9 aromatic carbocycles. The van der Waals surface area contributed by atoms with Gasteiger partial charge >= 0.3 is 5.78 Å². The normalized spacial score (nSPS) is 11.6. The average molecular weight is 1340 g/mol. The first-order chi connectivity index (χ1) is 50.7. The number of benzene rings is 9. The highest BCUT2D eigenvalue weighted by Gasteiger charge is 2.25. The lowest BCUT2D eigenvalue weighted by molar-refractivity contribution is 0.415. The van der Waals surface area contributed by atoms with Crippen LogP contribution < -0.4 is 4.74 Å². The highest BCUT2D eigenvalue weighted by Crippen LogP contribution is 2.39. The third-order valence-electron chi connectivity index (χ3n) is 18.5. The summed E-state index contributed by atoms with van der Waals surface area (Å²) < 4.78 is 15.0. The molecule has 0 saturated heterocycles. The summed E-state index contributed by atoms with van der Waals surface area (Å²) in [5.41, 5.74) is 22.7. The fourth-order valence-corrected chi connectivity index (χ4v) is 13.4. The molecule has 0 bridgehead atoms. The van der Waals surface area contributed by atoms with Gasteiger partial charge in [-0.2, -0.15) is 10.1 Å². The van der Waals surface area contributed by atoms with E-state index in [1.54, 1.807) is 17.7 Å². The Bertz CT molecular complexity index is 6230. The highest BCUT2D eigenvalue weighted by molar-refractivity contribution is 6.12. The van der Waals surface area contributed by atoms with Crippen molar-refractivity contribution < 1.29 is 4.74 Å². The van der Waals surface area contributed by atoms with Crippen LogP contribution >= 0.6 is 0 Å². The van der Waals surface area contributed by atoms with Crippen molar-refractivity contribution in [3.05, 3.63) is 337 Å².